The number of hydroxylamine groups is 1. The van der Waals surface area contributed by atoms with Gasteiger partial charge in [-0.05, 0) is 19.1 Å². The molecular formula is C13H13ClN2O8S. The standard InChI is InChI=1S/C13H13ClN2O8S/c1-5-11(18)12(19)9(17)4-16(21)8-3-7(14)10(25(15,22)23)2-6(8)13(20)24-5/h2-3,5,12,19,21H,4H2,1H3,(H2,15,22,23). The van der Waals surface area contributed by atoms with Crippen molar-refractivity contribution < 1.29 is 37.9 Å². The third-order valence-electron chi connectivity index (χ3n) is 3.42. The van der Waals surface area contributed by atoms with E-state index in [9.17, 15) is 33.1 Å². The molecule has 2 atom stereocenters. The third kappa shape index (κ3) is 3.80. The average Bonchev–Trinajstić information content (AvgIpc) is 2.50. The fourth-order valence-corrected chi connectivity index (χ4v) is 3.21. The number of ketones is 2. The van der Waals surface area contributed by atoms with Gasteiger partial charge in [0.15, 0.2) is 18.0 Å². The Morgan fingerprint density at radius 2 is 1.92 bits per heavy atom. The van der Waals surface area contributed by atoms with E-state index >= 15 is 0 Å². The smallest absolute Gasteiger partial charge is 0.341 e. The molecule has 0 bridgehead atoms. The molecule has 0 aromatic heterocycles. The number of hydrogen-bond acceptors (Lipinski definition) is 9. The van der Waals surface area contributed by atoms with E-state index in [-0.39, 0.29) is 10.8 Å². The number of Topliss-reactive ketones (excluding diaryl/α,β-unsaturated/α-hetero) is 2. The number of nitrogens with zero attached hydrogens (tertiary/aromatic N) is 1. The molecule has 136 valence electrons. The number of nitrogens with two attached hydrogens (primary N) is 1. The third-order valence-corrected chi connectivity index (χ3v) is 4.79. The molecule has 0 aliphatic carbocycles. The molecule has 4 N–H and O–H groups in total. The van der Waals surface area contributed by atoms with Crippen LogP contribution in [0.25, 0.3) is 0 Å². The van der Waals surface area contributed by atoms with Gasteiger partial charge in [0.05, 0.1) is 16.3 Å². The van der Waals surface area contributed by atoms with Gasteiger partial charge in [-0.15, -0.1) is 0 Å². The summed E-state index contributed by atoms with van der Waals surface area (Å²) in [5, 5.41) is 24.5. The number of fused-ring (bicyclic) bond motifs is 1. The Kier molecular flexibility index (Phi) is 5.16. The van der Waals surface area contributed by atoms with Crippen LogP contribution in [0.4, 0.5) is 5.69 Å². The lowest BCUT2D eigenvalue weighted by Gasteiger charge is -2.24. The van der Waals surface area contributed by atoms with Crippen LogP contribution in [-0.4, -0.2) is 55.0 Å². The summed E-state index contributed by atoms with van der Waals surface area (Å²) in [5.41, 5.74) is -0.843. The molecule has 1 heterocycles. The molecule has 1 aromatic carbocycles. The minimum Gasteiger partial charge on any atom is -0.451 e. The van der Waals surface area contributed by atoms with Crippen molar-refractivity contribution in [2.75, 3.05) is 11.6 Å². The Hall–Kier alpha value is -2.05. The van der Waals surface area contributed by atoms with Gasteiger partial charge >= 0.3 is 5.97 Å². The maximum absolute atomic E-state index is 12.2. The summed E-state index contributed by atoms with van der Waals surface area (Å²) in [6.45, 7) is 0.274. The molecular weight excluding hydrogens is 380 g/mol. The van der Waals surface area contributed by atoms with Crippen LogP contribution in [0.3, 0.4) is 0 Å². The van der Waals surface area contributed by atoms with Crippen LogP contribution in [0, 0.1) is 0 Å². The van der Waals surface area contributed by atoms with E-state index in [0.29, 0.717) is 0 Å². The molecule has 25 heavy (non-hydrogen) atoms. The van der Waals surface area contributed by atoms with Gasteiger partial charge in [-0.25, -0.2) is 23.4 Å². The van der Waals surface area contributed by atoms with E-state index in [4.69, 9.17) is 21.5 Å². The van der Waals surface area contributed by atoms with Crippen LogP contribution in [0.1, 0.15) is 17.3 Å². The summed E-state index contributed by atoms with van der Waals surface area (Å²) in [4.78, 5) is 35.3. The minimum atomic E-state index is -4.30. The number of carbonyl (C=O) groups is 3. The number of sulfonamides is 1. The lowest BCUT2D eigenvalue weighted by Crippen LogP contribution is -2.44. The van der Waals surface area contributed by atoms with Crippen LogP contribution in [-0.2, 0) is 24.3 Å². The number of ether oxygens (including phenoxy) is 1. The Bertz CT molecular complexity index is 869. The number of cyclic esters (lactones) is 1. The highest BCUT2D eigenvalue weighted by molar-refractivity contribution is 7.89. The molecule has 0 spiro atoms. The number of anilines is 1. The van der Waals surface area contributed by atoms with Crippen LogP contribution in [0.2, 0.25) is 5.02 Å². The first kappa shape index (κ1) is 19.3. The summed E-state index contributed by atoms with van der Waals surface area (Å²) in [6.07, 6.45) is -3.59. The molecule has 10 nitrogen and oxygen atoms in total. The number of carbonyl (C=O) groups excluding carboxylic acids is 3. The maximum Gasteiger partial charge on any atom is 0.341 e. The van der Waals surface area contributed by atoms with Gasteiger partial charge in [-0.2, -0.15) is 0 Å². The number of aliphatic hydroxyl groups is 1. The molecule has 1 aromatic rings. The normalized spacial score (nSPS) is 22.4. The number of esters is 1. The monoisotopic (exact) mass is 392 g/mol. The van der Waals surface area contributed by atoms with Gasteiger partial charge in [-0.3, -0.25) is 14.8 Å². The number of benzene rings is 1. The van der Waals surface area contributed by atoms with Gasteiger partial charge in [-0.1, -0.05) is 11.6 Å². The van der Waals surface area contributed by atoms with Crippen LogP contribution >= 0.6 is 11.6 Å². The van der Waals surface area contributed by atoms with E-state index in [1.165, 1.54) is 0 Å². The SMILES string of the molecule is CC1OC(=O)c2cc(S(N)(=O)=O)c(Cl)cc2N(O)CC(=O)C(O)C1=O. The van der Waals surface area contributed by atoms with Gasteiger partial charge in [0, 0.05) is 0 Å². The first-order valence-corrected chi connectivity index (χ1v) is 8.64. The summed E-state index contributed by atoms with van der Waals surface area (Å²) < 4.78 is 27.9. The second kappa shape index (κ2) is 6.69. The van der Waals surface area contributed by atoms with Crippen molar-refractivity contribution in [3.63, 3.8) is 0 Å². The van der Waals surface area contributed by atoms with Crippen LogP contribution < -0.4 is 10.2 Å². The highest BCUT2D eigenvalue weighted by atomic mass is 35.5. The van der Waals surface area contributed by atoms with Gasteiger partial charge in [0.1, 0.15) is 11.4 Å². The molecule has 1 aliphatic rings. The molecule has 2 unspecified atom stereocenters. The van der Waals surface area contributed by atoms with E-state index in [1.54, 1.807) is 0 Å². The second-order valence-corrected chi connectivity index (χ2v) is 7.16. The maximum atomic E-state index is 12.2. The Morgan fingerprint density at radius 3 is 2.48 bits per heavy atom. The van der Waals surface area contributed by atoms with Crippen molar-refractivity contribution in [3.05, 3.63) is 22.7 Å². The Labute approximate surface area is 146 Å². The summed E-state index contributed by atoms with van der Waals surface area (Å²) in [7, 11) is -4.30. The van der Waals surface area contributed by atoms with Crippen molar-refractivity contribution in [1.29, 1.82) is 0 Å². The molecule has 12 heteroatoms. The number of halogens is 1. The fraction of sp³-hybridized carbons (Fsp3) is 0.308. The summed E-state index contributed by atoms with van der Waals surface area (Å²) in [6, 6.07) is 1.66. The fourth-order valence-electron chi connectivity index (χ4n) is 2.12. The molecule has 0 saturated carbocycles. The van der Waals surface area contributed by atoms with Crippen molar-refractivity contribution in [2.45, 2.75) is 24.0 Å². The predicted molar refractivity (Wildman–Crippen MR) is 82.9 cm³/mol. The van der Waals surface area contributed by atoms with Crippen LogP contribution in [0.15, 0.2) is 17.0 Å². The Balaban J connectivity index is 2.68. The van der Waals surface area contributed by atoms with Crippen molar-refractivity contribution in [1.82, 2.24) is 0 Å². The van der Waals surface area contributed by atoms with E-state index in [2.05, 4.69) is 0 Å². The second-order valence-electron chi connectivity index (χ2n) is 5.22. The van der Waals surface area contributed by atoms with Gasteiger partial charge in [0.2, 0.25) is 15.8 Å². The highest BCUT2D eigenvalue weighted by Gasteiger charge is 2.35. The molecule has 1 aliphatic heterocycles. The Morgan fingerprint density at radius 1 is 1.32 bits per heavy atom. The number of rotatable bonds is 1. The topological polar surface area (TPSA) is 164 Å². The first-order valence-electron chi connectivity index (χ1n) is 6.71. The van der Waals surface area contributed by atoms with E-state index < -0.39 is 61.8 Å². The lowest BCUT2D eigenvalue weighted by atomic mass is 10.1. The molecule has 0 amide bonds. The van der Waals surface area contributed by atoms with Crippen molar-refractivity contribution >= 4 is 44.8 Å². The highest BCUT2D eigenvalue weighted by Crippen LogP contribution is 2.31. The quantitative estimate of drug-likeness (QED) is 0.411. The first-order chi connectivity index (χ1) is 11.4. The number of primary sulfonamides is 1. The molecule has 0 saturated heterocycles. The zero-order valence-electron chi connectivity index (χ0n) is 12.7. The minimum absolute atomic E-state index is 0.240. The van der Waals surface area contributed by atoms with Crippen molar-refractivity contribution in [3.8, 4) is 0 Å². The average molecular weight is 393 g/mol. The molecule has 0 fully saturated rings. The molecule has 0 radical (unpaired) electrons. The van der Waals surface area contributed by atoms with E-state index in [1.807, 2.05) is 0 Å². The number of hydrogen-bond donors (Lipinski definition) is 3. The molecule has 2 rings (SSSR count). The summed E-state index contributed by atoms with van der Waals surface area (Å²) >= 11 is 5.81. The van der Waals surface area contributed by atoms with Gasteiger partial charge in [0.25, 0.3) is 0 Å². The van der Waals surface area contributed by atoms with E-state index in [0.717, 1.165) is 19.1 Å². The summed E-state index contributed by atoms with van der Waals surface area (Å²) in [5.74, 6) is -3.33. The zero-order valence-corrected chi connectivity index (χ0v) is 14.2. The number of aliphatic hydroxyl groups excluding tert-OH is 1. The lowest BCUT2D eigenvalue weighted by molar-refractivity contribution is -0.143. The predicted octanol–water partition coefficient (Wildman–Crippen LogP) is -0.759. The zero-order chi connectivity index (χ0) is 19.1. The van der Waals surface area contributed by atoms with Crippen LogP contribution in [0.5, 0.6) is 0 Å². The van der Waals surface area contributed by atoms with Crippen molar-refractivity contribution in [2.24, 2.45) is 5.14 Å². The largest absolute Gasteiger partial charge is 0.451 e. The van der Waals surface area contributed by atoms with Gasteiger partial charge < -0.3 is 9.84 Å².